The molecule has 0 N–H and O–H groups in total. The second kappa shape index (κ2) is 9.18. The molecule has 0 heterocycles. The Morgan fingerprint density at radius 1 is 1.00 bits per heavy atom. The summed E-state index contributed by atoms with van der Waals surface area (Å²) in [4.78, 5) is 0. The van der Waals surface area contributed by atoms with Crippen LogP contribution in [0.3, 0.4) is 0 Å². The zero-order chi connectivity index (χ0) is 23.7. The Labute approximate surface area is 195 Å². The van der Waals surface area contributed by atoms with Gasteiger partial charge >= 0.3 is 15.6 Å². The number of ether oxygens (including phenoxy) is 1. The van der Waals surface area contributed by atoms with Crippen LogP contribution in [0, 0.1) is 3.57 Å². The first kappa shape index (κ1) is 25.8. The summed E-state index contributed by atoms with van der Waals surface area (Å²) in [6, 6.07) is 11.8. The maximum atomic E-state index is 12.9. The topological polar surface area (TPSA) is 61.8 Å². The third-order valence-electron chi connectivity index (χ3n) is 4.88. The van der Waals surface area contributed by atoms with Crippen molar-refractivity contribution in [3.63, 3.8) is 0 Å². The quantitative estimate of drug-likeness (QED) is 0.160. The SMILES string of the molecule is CC(C)(C)[Si](C)(C)Oc1cc(OCc2ccccc2)cc(OS(=O)(=O)C(F)(F)F)c1I. The molecule has 0 aliphatic heterocycles. The van der Waals surface area contributed by atoms with Crippen LogP contribution in [-0.2, 0) is 16.7 Å². The van der Waals surface area contributed by atoms with E-state index in [9.17, 15) is 21.6 Å². The molecule has 0 fully saturated rings. The molecular weight excluding hydrogens is 564 g/mol. The van der Waals surface area contributed by atoms with Gasteiger partial charge in [0.25, 0.3) is 8.32 Å². The fraction of sp³-hybridized carbons (Fsp3) is 0.400. The lowest BCUT2D eigenvalue weighted by Crippen LogP contribution is -2.44. The third-order valence-corrected chi connectivity index (χ3v) is 11.3. The van der Waals surface area contributed by atoms with Gasteiger partial charge in [0, 0.05) is 12.1 Å². The van der Waals surface area contributed by atoms with Gasteiger partial charge in [-0.05, 0) is 46.3 Å². The van der Waals surface area contributed by atoms with Crippen LogP contribution in [0.25, 0.3) is 0 Å². The molecule has 2 aromatic carbocycles. The van der Waals surface area contributed by atoms with E-state index < -0.39 is 29.7 Å². The Kier molecular flexibility index (Phi) is 7.63. The summed E-state index contributed by atoms with van der Waals surface area (Å²) in [6.07, 6.45) is 0. The Balaban J connectivity index is 2.48. The van der Waals surface area contributed by atoms with Crippen molar-refractivity contribution in [3.8, 4) is 17.2 Å². The van der Waals surface area contributed by atoms with Crippen LogP contribution in [0.1, 0.15) is 26.3 Å². The molecule has 2 rings (SSSR count). The highest BCUT2D eigenvalue weighted by molar-refractivity contribution is 14.1. The van der Waals surface area contributed by atoms with Crippen LogP contribution in [0.15, 0.2) is 42.5 Å². The summed E-state index contributed by atoms with van der Waals surface area (Å²) in [6.45, 7) is 10.1. The first-order chi connectivity index (χ1) is 14.0. The van der Waals surface area contributed by atoms with Crippen molar-refractivity contribution in [2.75, 3.05) is 0 Å². The summed E-state index contributed by atoms with van der Waals surface area (Å²) >= 11 is 1.72. The van der Waals surface area contributed by atoms with E-state index in [1.54, 1.807) is 22.6 Å². The van der Waals surface area contributed by atoms with Crippen LogP contribution in [0.2, 0.25) is 18.1 Å². The van der Waals surface area contributed by atoms with Crippen molar-refractivity contribution in [2.45, 2.75) is 51.0 Å². The summed E-state index contributed by atoms with van der Waals surface area (Å²) in [7, 11) is -8.24. The molecule has 0 saturated heterocycles. The molecule has 31 heavy (non-hydrogen) atoms. The average Bonchev–Trinajstić information content (AvgIpc) is 2.62. The molecule has 0 aliphatic rings. The van der Waals surface area contributed by atoms with Crippen molar-refractivity contribution in [2.24, 2.45) is 0 Å². The molecule has 0 aliphatic carbocycles. The fourth-order valence-corrected chi connectivity index (χ4v) is 4.47. The van der Waals surface area contributed by atoms with Gasteiger partial charge in [-0.25, -0.2) is 0 Å². The van der Waals surface area contributed by atoms with E-state index in [0.29, 0.717) is 0 Å². The van der Waals surface area contributed by atoms with E-state index in [4.69, 9.17) is 9.16 Å². The average molecular weight is 588 g/mol. The highest BCUT2D eigenvalue weighted by Crippen LogP contribution is 2.43. The van der Waals surface area contributed by atoms with Crippen LogP contribution >= 0.6 is 22.6 Å². The van der Waals surface area contributed by atoms with E-state index in [2.05, 4.69) is 4.18 Å². The van der Waals surface area contributed by atoms with Gasteiger partial charge in [-0.15, -0.1) is 0 Å². The molecule has 0 saturated carbocycles. The molecule has 0 atom stereocenters. The predicted molar refractivity (Wildman–Crippen MR) is 123 cm³/mol. The monoisotopic (exact) mass is 588 g/mol. The maximum Gasteiger partial charge on any atom is 0.534 e. The highest BCUT2D eigenvalue weighted by Gasteiger charge is 2.49. The van der Waals surface area contributed by atoms with Gasteiger partial charge < -0.3 is 13.3 Å². The van der Waals surface area contributed by atoms with Gasteiger partial charge in [-0.1, -0.05) is 51.1 Å². The van der Waals surface area contributed by atoms with E-state index in [1.807, 2.05) is 64.2 Å². The largest absolute Gasteiger partial charge is 0.543 e. The Morgan fingerprint density at radius 2 is 1.55 bits per heavy atom. The number of hydrogen-bond acceptors (Lipinski definition) is 5. The number of rotatable bonds is 7. The number of benzene rings is 2. The van der Waals surface area contributed by atoms with Gasteiger partial charge in [-0.3, -0.25) is 0 Å². The molecule has 0 spiro atoms. The smallest absolute Gasteiger partial charge is 0.534 e. The molecule has 0 unspecified atom stereocenters. The van der Waals surface area contributed by atoms with Crippen molar-refractivity contribution in [1.29, 1.82) is 0 Å². The molecule has 0 bridgehead atoms. The predicted octanol–water partition coefficient (Wildman–Crippen LogP) is 6.48. The lowest BCUT2D eigenvalue weighted by molar-refractivity contribution is -0.0500. The summed E-state index contributed by atoms with van der Waals surface area (Å²) in [5.74, 6) is -0.160. The van der Waals surface area contributed by atoms with Crippen molar-refractivity contribution < 1.29 is 34.9 Å². The Hall–Kier alpha value is -1.47. The number of halogens is 4. The van der Waals surface area contributed by atoms with Gasteiger partial charge in [0.1, 0.15) is 18.1 Å². The van der Waals surface area contributed by atoms with Crippen LogP contribution in [0.5, 0.6) is 17.2 Å². The zero-order valence-electron chi connectivity index (χ0n) is 17.7. The molecule has 2 aromatic rings. The summed E-state index contributed by atoms with van der Waals surface area (Å²) in [5.41, 5.74) is -4.73. The second-order valence-corrected chi connectivity index (χ2v) is 15.7. The molecular formula is C20H24F3IO5SSi. The number of hydrogen-bond donors (Lipinski definition) is 0. The lowest BCUT2D eigenvalue weighted by Gasteiger charge is -2.37. The van der Waals surface area contributed by atoms with E-state index in [0.717, 1.165) is 11.6 Å². The Morgan fingerprint density at radius 3 is 2.06 bits per heavy atom. The normalized spacial score (nSPS) is 13.1. The fourth-order valence-electron chi connectivity index (χ4n) is 2.10. The minimum atomic E-state index is -5.85. The third kappa shape index (κ3) is 6.51. The van der Waals surface area contributed by atoms with Gasteiger partial charge in [0.15, 0.2) is 5.75 Å². The molecule has 0 aromatic heterocycles. The van der Waals surface area contributed by atoms with E-state index in [1.165, 1.54) is 6.07 Å². The number of alkyl halides is 3. The second-order valence-electron chi connectivity index (χ2n) is 8.35. The lowest BCUT2D eigenvalue weighted by atomic mass is 10.2. The van der Waals surface area contributed by atoms with Crippen LogP contribution in [0.4, 0.5) is 13.2 Å². The highest BCUT2D eigenvalue weighted by atomic mass is 127. The maximum absolute atomic E-state index is 12.9. The van der Waals surface area contributed by atoms with Crippen molar-refractivity contribution in [1.82, 2.24) is 0 Å². The van der Waals surface area contributed by atoms with Gasteiger partial charge in [-0.2, -0.15) is 21.6 Å². The minimum Gasteiger partial charge on any atom is -0.543 e. The zero-order valence-corrected chi connectivity index (χ0v) is 21.7. The van der Waals surface area contributed by atoms with Crippen LogP contribution in [-0.4, -0.2) is 22.2 Å². The first-order valence-electron chi connectivity index (χ1n) is 9.23. The van der Waals surface area contributed by atoms with Gasteiger partial charge in [0.2, 0.25) is 0 Å². The molecule has 11 heteroatoms. The minimum absolute atomic E-state index is 0.113. The Bertz CT molecular complexity index is 1020. The van der Waals surface area contributed by atoms with Crippen LogP contribution < -0.4 is 13.3 Å². The summed E-state index contributed by atoms with van der Waals surface area (Å²) < 4.78 is 78.3. The summed E-state index contributed by atoms with van der Waals surface area (Å²) in [5, 5.41) is -0.198. The van der Waals surface area contributed by atoms with E-state index in [-0.39, 0.29) is 26.7 Å². The molecule has 0 radical (unpaired) electrons. The van der Waals surface area contributed by atoms with Crippen molar-refractivity contribution >= 4 is 41.0 Å². The molecule has 172 valence electrons. The van der Waals surface area contributed by atoms with E-state index >= 15 is 0 Å². The standard InChI is InChI=1S/C20H24F3IO5SSi/c1-19(2,3)31(4,5)29-17-12-15(27-13-14-9-7-6-8-10-14)11-16(18(17)24)28-30(25,26)20(21,22)23/h6-12H,13H2,1-5H3. The van der Waals surface area contributed by atoms with Crippen molar-refractivity contribution in [3.05, 3.63) is 51.6 Å². The molecule has 0 amide bonds. The molecule has 5 nitrogen and oxygen atoms in total. The first-order valence-corrected chi connectivity index (χ1v) is 14.6. The van der Waals surface area contributed by atoms with Gasteiger partial charge in [0.05, 0.1) is 3.57 Å².